The Hall–Kier alpha value is -0.860. The van der Waals surface area contributed by atoms with E-state index in [-0.39, 0.29) is 6.29 Å². The lowest BCUT2D eigenvalue weighted by molar-refractivity contribution is -0.203. The fourth-order valence-electron chi connectivity index (χ4n) is 3.37. The Bertz CT molecular complexity index is 418. The van der Waals surface area contributed by atoms with Gasteiger partial charge in [0.2, 0.25) is 0 Å². The lowest BCUT2D eigenvalue weighted by Crippen LogP contribution is -2.31. The van der Waals surface area contributed by atoms with Gasteiger partial charge in [-0.3, -0.25) is 0 Å². The summed E-state index contributed by atoms with van der Waals surface area (Å²) in [5, 5.41) is 0. The van der Waals surface area contributed by atoms with Gasteiger partial charge >= 0.3 is 0 Å². The molecule has 0 saturated carbocycles. The SMILES string of the molecule is CCCCCc1ccc(CCCCC2COC(CCC)OC2)cc1. The molecular formula is C22H36O2. The van der Waals surface area contributed by atoms with Gasteiger partial charge in [0.1, 0.15) is 0 Å². The van der Waals surface area contributed by atoms with Crippen molar-refractivity contribution >= 4 is 0 Å². The van der Waals surface area contributed by atoms with E-state index in [9.17, 15) is 0 Å². The second kappa shape index (κ2) is 11.7. The lowest BCUT2D eigenvalue weighted by Gasteiger charge is -2.29. The number of aryl methyl sites for hydroxylation is 2. The zero-order chi connectivity index (χ0) is 17.0. The molecule has 1 fully saturated rings. The van der Waals surface area contributed by atoms with E-state index in [0.717, 1.165) is 26.1 Å². The number of benzene rings is 1. The molecule has 2 heteroatoms. The molecule has 1 heterocycles. The third-order valence-electron chi connectivity index (χ3n) is 4.98. The molecule has 0 spiro atoms. The van der Waals surface area contributed by atoms with Crippen molar-refractivity contribution in [2.24, 2.45) is 5.92 Å². The van der Waals surface area contributed by atoms with Crippen molar-refractivity contribution in [1.29, 1.82) is 0 Å². The number of hydrogen-bond acceptors (Lipinski definition) is 2. The van der Waals surface area contributed by atoms with Crippen LogP contribution in [0.15, 0.2) is 24.3 Å². The molecule has 0 bridgehead atoms. The average Bonchev–Trinajstić information content (AvgIpc) is 2.62. The predicted octanol–water partition coefficient (Wildman–Crippen LogP) is 5.92. The van der Waals surface area contributed by atoms with Crippen LogP contribution >= 0.6 is 0 Å². The van der Waals surface area contributed by atoms with E-state index >= 15 is 0 Å². The number of ether oxygens (including phenoxy) is 2. The van der Waals surface area contributed by atoms with Gasteiger partial charge in [0.15, 0.2) is 6.29 Å². The van der Waals surface area contributed by atoms with Crippen molar-refractivity contribution < 1.29 is 9.47 Å². The maximum Gasteiger partial charge on any atom is 0.157 e. The second-order valence-corrected chi connectivity index (χ2v) is 7.27. The first-order valence-electron chi connectivity index (χ1n) is 10.1. The first kappa shape index (κ1) is 19.5. The van der Waals surface area contributed by atoms with E-state index in [1.54, 1.807) is 0 Å². The van der Waals surface area contributed by atoms with Crippen molar-refractivity contribution in [2.45, 2.75) is 84.3 Å². The molecule has 1 aliphatic heterocycles. The molecule has 0 amide bonds. The fourth-order valence-corrected chi connectivity index (χ4v) is 3.37. The zero-order valence-electron chi connectivity index (χ0n) is 15.8. The minimum Gasteiger partial charge on any atom is -0.352 e. The molecule has 1 saturated heterocycles. The third-order valence-corrected chi connectivity index (χ3v) is 4.98. The summed E-state index contributed by atoms with van der Waals surface area (Å²) in [6, 6.07) is 9.29. The molecule has 1 aliphatic rings. The summed E-state index contributed by atoms with van der Waals surface area (Å²) in [7, 11) is 0. The highest BCUT2D eigenvalue weighted by atomic mass is 16.7. The van der Waals surface area contributed by atoms with Crippen LogP contribution in [-0.4, -0.2) is 19.5 Å². The van der Waals surface area contributed by atoms with Crippen LogP contribution in [0.25, 0.3) is 0 Å². The summed E-state index contributed by atoms with van der Waals surface area (Å²) in [6.07, 6.45) is 12.4. The highest BCUT2D eigenvalue weighted by Crippen LogP contribution is 2.20. The standard InChI is InChI=1S/C22H36O2/c1-3-5-6-10-19-13-15-20(16-14-19)11-7-8-12-21-17-23-22(9-4-2)24-18-21/h13-16,21-22H,3-12,17-18H2,1-2H3. The number of unbranched alkanes of at least 4 members (excludes halogenated alkanes) is 3. The normalized spacial score (nSPS) is 21.1. The van der Waals surface area contributed by atoms with Crippen LogP contribution in [-0.2, 0) is 22.3 Å². The van der Waals surface area contributed by atoms with Crippen LogP contribution in [0.5, 0.6) is 0 Å². The Morgan fingerprint density at radius 2 is 1.33 bits per heavy atom. The molecule has 136 valence electrons. The van der Waals surface area contributed by atoms with Gasteiger partial charge in [-0.1, -0.05) is 63.8 Å². The van der Waals surface area contributed by atoms with Crippen molar-refractivity contribution in [1.82, 2.24) is 0 Å². The second-order valence-electron chi connectivity index (χ2n) is 7.27. The Kier molecular flexibility index (Phi) is 9.45. The van der Waals surface area contributed by atoms with E-state index < -0.39 is 0 Å². The molecule has 24 heavy (non-hydrogen) atoms. The number of rotatable bonds is 11. The summed E-state index contributed by atoms with van der Waals surface area (Å²) in [4.78, 5) is 0. The molecular weight excluding hydrogens is 296 g/mol. The Morgan fingerprint density at radius 3 is 1.88 bits per heavy atom. The van der Waals surface area contributed by atoms with E-state index in [0.29, 0.717) is 5.92 Å². The van der Waals surface area contributed by atoms with Crippen LogP contribution in [0.1, 0.15) is 76.3 Å². The van der Waals surface area contributed by atoms with Crippen molar-refractivity contribution in [2.75, 3.05) is 13.2 Å². The predicted molar refractivity (Wildman–Crippen MR) is 101 cm³/mol. The van der Waals surface area contributed by atoms with E-state index in [1.807, 2.05) is 0 Å². The summed E-state index contributed by atoms with van der Waals surface area (Å²) in [6.45, 7) is 6.21. The smallest absolute Gasteiger partial charge is 0.157 e. The average molecular weight is 333 g/mol. The van der Waals surface area contributed by atoms with Gasteiger partial charge in [0.05, 0.1) is 13.2 Å². The Labute approximate surface area is 148 Å². The maximum atomic E-state index is 5.78. The Morgan fingerprint density at radius 1 is 0.750 bits per heavy atom. The summed E-state index contributed by atoms with van der Waals surface area (Å²) >= 11 is 0. The largest absolute Gasteiger partial charge is 0.352 e. The van der Waals surface area contributed by atoms with Crippen LogP contribution < -0.4 is 0 Å². The quantitative estimate of drug-likeness (QED) is 0.468. The monoisotopic (exact) mass is 332 g/mol. The van der Waals surface area contributed by atoms with E-state index in [2.05, 4.69) is 38.1 Å². The molecule has 1 aromatic rings. The van der Waals surface area contributed by atoms with Crippen LogP contribution in [0, 0.1) is 5.92 Å². The van der Waals surface area contributed by atoms with E-state index in [1.165, 1.54) is 62.5 Å². The molecule has 0 unspecified atom stereocenters. The van der Waals surface area contributed by atoms with Crippen molar-refractivity contribution in [3.8, 4) is 0 Å². The number of hydrogen-bond donors (Lipinski definition) is 0. The Balaban J connectivity index is 1.56. The molecule has 1 aromatic carbocycles. The van der Waals surface area contributed by atoms with Gasteiger partial charge < -0.3 is 9.47 Å². The van der Waals surface area contributed by atoms with Gasteiger partial charge in [0, 0.05) is 5.92 Å². The van der Waals surface area contributed by atoms with Gasteiger partial charge in [0.25, 0.3) is 0 Å². The highest BCUT2D eigenvalue weighted by Gasteiger charge is 2.20. The topological polar surface area (TPSA) is 18.5 Å². The summed E-state index contributed by atoms with van der Waals surface area (Å²) in [5.41, 5.74) is 2.97. The van der Waals surface area contributed by atoms with Crippen molar-refractivity contribution in [3.63, 3.8) is 0 Å². The third kappa shape index (κ3) is 7.36. The van der Waals surface area contributed by atoms with Crippen LogP contribution in [0.3, 0.4) is 0 Å². The van der Waals surface area contributed by atoms with Gasteiger partial charge in [-0.25, -0.2) is 0 Å². The fraction of sp³-hybridized carbons (Fsp3) is 0.727. The van der Waals surface area contributed by atoms with Crippen molar-refractivity contribution in [3.05, 3.63) is 35.4 Å². The summed E-state index contributed by atoms with van der Waals surface area (Å²) < 4.78 is 11.6. The minimum atomic E-state index is 0.0575. The lowest BCUT2D eigenvalue weighted by atomic mass is 9.99. The van der Waals surface area contributed by atoms with E-state index in [4.69, 9.17) is 9.47 Å². The molecule has 0 atom stereocenters. The van der Waals surface area contributed by atoms with Gasteiger partial charge in [-0.05, 0) is 49.7 Å². The first-order valence-corrected chi connectivity index (χ1v) is 10.1. The first-order chi connectivity index (χ1) is 11.8. The van der Waals surface area contributed by atoms with Gasteiger partial charge in [-0.2, -0.15) is 0 Å². The maximum absolute atomic E-state index is 5.78. The highest BCUT2D eigenvalue weighted by molar-refractivity contribution is 5.22. The van der Waals surface area contributed by atoms with Crippen LogP contribution in [0.4, 0.5) is 0 Å². The zero-order valence-corrected chi connectivity index (χ0v) is 15.8. The molecule has 0 N–H and O–H groups in total. The van der Waals surface area contributed by atoms with Crippen LogP contribution in [0.2, 0.25) is 0 Å². The summed E-state index contributed by atoms with van der Waals surface area (Å²) in [5.74, 6) is 0.596. The molecule has 0 aromatic heterocycles. The van der Waals surface area contributed by atoms with Gasteiger partial charge in [-0.15, -0.1) is 0 Å². The molecule has 0 aliphatic carbocycles. The molecule has 2 nitrogen and oxygen atoms in total. The minimum absolute atomic E-state index is 0.0575. The molecule has 0 radical (unpaired) electrons. The molecule has 2 rings (SSSR count).